The number of nitrogens with zero attached hydrogens (tertiary/aromatic N) is 1. The average molecular weight is 403 g/mol. The number of carbonyl (C=O) groups is 1. The van der Waals surface area contributed by atoms with Gasteiger partial charge in [-0.15, -0.1) is 0 Å². The maximum absolute atomic E-state index is 12.2. The third-order valence-electron chi connectivity index (χ3n) is 2.96. The Hall–Kier alpha value is -2.33. The van der Waals surface area contributed by atoms with Crippen LogP contribution < -0.4 is 10.6 Å². The van der Waals surface area contributed by atoms with Crippen molar-refractivity contribution in [2.24, 2.45) is 0 Å². The van der Waals surface area contributed by atoms with Crippen LogP contribution in [0.5, 0.6) is 0 Å². The number of carbonyl (C=O) groups excluding carboxylic acids is 1. The van der Waals surface area contributed by atoms with E-state index in [0.29, 0.717) is 5.69 Å². The van der Waals surface area contributed by atoms with Crippen molar-refractivity contribution in [3.8, 4) is 6.07 Å². The van der Waals surface area contributed by atoms with Crippen LogP contribution in [0, 0.1) is 21.8 Å². The van der Waals surface area contributed by atoms with Crippen molar-refractivity contribution in [1.82, 2.24) is 0 Å². The van der Waals surface area contributed by atoms with Crippen LogP contribution in [0.2, 0.25) is 0 Å². The number of rotatable bonds is 4. The molecular formula is C17H14IN3O. The average Bonchev–Trinajstić information content (AvgIpc) is 2.52. The molecule has 0 aromatic heterocycles. The van der Waals surface area contributed by atoms with Crippen molar-refractivity contribution in [2.45, 2.75) is 6.92 Å². The van der Waals surface area contributed by atoms with Gasteiger partial charge in [-0.3, -0.25) is 4.79 Å². The van der Waals surface area contributed by atoms with Gasteiger partial charge in [0, 0.05) is 21.1 Å². The monoisotopic (exact) mass is 403 g/mol. The van der Waals surface area contributed by atoms with E-state index in [9.17, 15) is 4.79 Å². The highest BCUT2D eigenvalue weighted by molar-refractivity contribution is 14.1. The summed E-state index contributed by atoms with van der Waals surface area (Å²) in [7, 11) is 0. The lowest BCUT2D eigenvalue weighted by Crippen LogP contribution is -2.15. The number of aryl methyl sites for hydroxylation is 1. The number of hydrogen-bond acceptors (Lipinski definition) is 3. The van der Waals surface area contributed by atoms with Gasteiger partial charge in [-0.2, -0.15) is 5.26 Å². The van der Waals surface area contributed by atoms with Crippen molar-refractivity contribution in [3.05, 3.63) is 69.4 Å². The number of amides is 1. The summed E-state index contributed by atoms with van der Waals surface area (Å²) in [5.41, 5.74) is 2.48. The van der Waals surface area contributed by atoms with Crippen molar-refractivity contribution < 1.29 is 4.79 Å². The number of nitrogens with one attached hydrogen (secondary N) is 2. The van der Waals surface area contributed by atoms with Gasteiger partial charge in [-0.1, -0.05) is 18.2 Å². The lowest BCUT2D eigenvalue weighted by molar-refractivity contribution is -0.112. The number of nitriles is 1. The molecule has 5 heteroatoms. The summed E-state index contributed by atoms with van der Waals surface area (Å²) in [6.45, 7) is 1.91. The van der Waals surface area contributed by atoms with Crippen LogP contribution in [0.3, 0.4) is 0 Å². The fourth-order valence-electron chi connectivity index (χ4n) is 1.80. The Bertz CT molecular complexity index is 748. The molecule has 0 radical (unpaired) electrons. The maximum atomic E-state index is 12.2. The van der Waals surface area contributed by atoms with Gasteiger partial charge in [0.1, 0.15) is 11.6 Å². The minimum Gasteiger partial charge on any atom is -0.360 e. The van der Waals surface area contributed by atoms with Crippen LogP contribution in [0.1, 0.15) is 5.56 Å². The summed E-state index contributed by atoms with van der Waals surface area (Å²) in [4.78, 5) is 12.2. The Morgan fingerprint density at radius 1 is 1.23 bits per heavy atom. The topological polar surface area (TPSA) is 64.9 Å². The highest BCUT2D eigenvalue weighted by Gasteiger charge is 2.10. The molecular weight excluding hydrogens is 389 g/mol. The highest BCUT2D eigenvalue weighted by Crippen LogP contribution is 2.18. The van der Waals surface area contributed by atoms with Crippen molar-refractivity contribution >= 4 is 39.9 Å². The normalized spacial score (nSPS) is 10.7. The smallest absolute Gasteiger partial charge is 0.267 e. The fourth-order valence-corrected chi connectivity index (χ4v) is 2.44. The van der Waals surface area contributed by atoms with E-state index in [1.807, 2.05) is 61.5 Å². The molecule has 0 unspecified atom stereocenters. The molecule has 2 aromatic carbocycles. The molecule has 0 bridgehead atoms. The molecule has 0 aliphatic heterocycles. The highest BCUT2D eigenvalue weighted by atomic mass is 127. The summed E-state index contributed by atoms with van der Waals surface area (Å²) < 4.78 is 1.09. The number of benzene rings is 2. The number of para-hydroxylation sites is 1. The van der Waals surface area contributed by atoms with Gasteiger partial charge in [0.05, 0.1) is 0 Å². The summed E-state index contributed by atoms with van der Waals surface area (Å²) >= 11 is 2.21. The molecule has 2 N–H and O–H groups in total. The first-order chi connectivity index (χ1) is 10.6. The molecule has 0 atom stereocenters. The lowest BCUT2D eigenvalue weighted by Gasteiger charge is -2.08. The van der Waals surface area contributed by atoms with Crippen LogP contribution in [0.15, 0.2) is 60.3 Å². The first-order valence-corrected chi connectivity index (χ1v) is 7.67. The molecule has 0 saturated carbocycles. The van der Waals surface area contributed by atoms with Crippen LogP contribution in [0.25, 0.3) is 0 Å². The Balaban J connectivity index is 2.10. The molecule has 2 rings (SSSR count). The maximum Gasteiger partial charge on any atom is 0.267 e. The standard InChI is InChI=1S/C17H14IN3O/c1-12-9-14(18)7-8-16(12)21-17(22)13(10-19)11-20-15-5-3-2-4-6-15/h2-9,11,20H,1H3,(H,21,22)/b13-11-. The van der Waals surface area contributed by atoms with E-state index in [1.54, 1.807) is 0 Å². The SMILES string of the molecule is Cc1cc(I)ccc1NC(=O)/C(C#N)=C\Nc1ccccc1. The molecule has 0 heterocycles. The number of anilines is 2. The van der Waals surface area contributed by atoms with E-state index in [1.165, 1.54) is 6.20 Å². The van der Waals surface area contributed by atoms with Crippen LogP contribution in [0.4, 0.5) is 11.4 Å². The zero-order valence-corrected chi connectivity index (χ0v) is 14.1. The molecule has 0 aliphatic carbocycles. The van der Waals surface area contributed by atoms with Gasteiger partial charge in [0.2, 0.25) is 0 Å². The zero-order valence-electron chi connectivity index (χ0n) is 11.9. The van der Waals surface area contributed by atoms with Gasteiger partial charge >= 0.3 is 0 Å². The van der Waals surface area contributed by atoms with E-state index in [2.05, 4.69) is 33.2 Å². The number of hydrogen-bond donors (Lipinski definition) is 2. The first kappa shape index (κ1) is 16.0. The molecule has 2 aromatic rings. The third-order valence-corrected chi connectivity index (χ3v) is 3.63. The predicted molar refractivity (Wildman–Crippen MR) is 96.3 cm³/mol. The second-order valence-corrected chi connectivity index (χ2v) is 5.84. The van der Waals surface area contributed by atoms with Gasteiger partial charge in [-0.05, 0) is 65.4 Å². The summed E-state index contributed by atoms with van der Waals surface area (Å²) in [5.74, 6) is -0.435. The minimum atomic E-state index is -0.435. The second kappa shape index (κ2) is 7.61. The van der Waals surface area contributed by atoms with E-state index in [-0.39, 0.29) is 5.57 Å². The van der Waals surface area contributed by atoms with Crippen molar-refractivity contribution in [2.75, 3.05) is 10.6 Å². The zero-order chi connectivity index (χ0) is 15.9. The molecule has 22 heavy (non-hydrogen) atoms. The summed E-state index contributed by atoms with van der Waals surface area (Å²) in [5, 5.41) is 14.8. The molecule has 0 fully saturated rings. The Morgan fingerprint density at radius 2 is 1.95 bits per heavy atom. The Kier molecular flexibility index (Phi) is 5.55. The van der Waals surface area contributed by atoms with E-state index in [0.717, 1.165) is 14.8 Å². The Morgan fingerprint density at radius 3 is 2.59 bits per heavy atom. The minimum absolute atomic E-state index is 0.0156. The van der Waals surface area contributed by atoms with Gasteiger partial charge in [0.25, 0.3) is 5.91 Å². The van der Waals surface area contributed by atoms with E-state index >= 15 is 0 Å². The van der Waals surface area contributed by atoms with Crippen molar-refractivity contribution in [3.63, 3.8) is 0 Å². The van der Waals surface area contributed by atoms with Gasteiger partial charge in [0.15, 0.2) is 0 Å². The fraction of sp³-hybridized carbons (Fsp3) is 0.0588. The molecule has 110 valence electrons. The second-order valence-electron chi connectivity index (χ2n) is 4.59. The van der Waals surface area contributed by atoms with Crippen molar-refractivity contribution in [1.29, 1.82) is 5.26 Å². The molecule has 0 spiro atoms. The summed E-state index contributed by atoms with van der Waals surface area (Å²) in [6.07, 6.45) is 1.41. The largest absolute Gasteiger partial charge is 0.360 e. The van der Waals surface area contributed by atoms with E-state index in [4.69, 9.17) is 5.26 Å². The quantitative estimate of drug-likeness (QED) is 0.460. The third kappa shape index (κ3) is 4.33. The van der Waals surface area contributed by atoms with Gasteiger partial charge < -0.3 is 10.6 Å². The first-order valence-electron chi connectivity index (χ1n) is 6.59. The van der Waals surface area contributed by atoms with E-state index < -0.39 is 5.91 Å². The Labute approximate surface area is 143 Å². The lowest BCUT2D eigenvalue weighted by atomic mass is 10.2. The predicted octanol–water partition coefficient (Wildman–Crippen LogP) is 4.06. The molecule has 0 aliphatic rings. The molecule has 1 amide bonds. The van der Waals surface area contributed by atoms with Crippen LogP contribution in [-0.2, 0) is 4.79 Å². The van der Waals surface area contributed by atoms with Crippen LogP contribution >= 0.6 is 22.6 Å². The molecule has 0 saturated heterocycles. The van der Waals surface area contributed by atoms with Gasteiger partial charge in [-0.25, -0.2) is 0 Å². The van der Waals surface area contributed by atoms with Crippen LogP contribution in [-0.4, -0.2) is 5.91 Å². The summed E-state index contributed by atoms with van der Waals surface area (Å²) in [6, 6.07) is 17.0. The molecule has 4 nitrogen and oxygen atoms in total. The number of halogens is 1.